The monoisotopic (exact) mass is 544 g/mol. The number of methoxy groups -OCH3 is 1. The Bertz CT molecular complexity index is 1210. The van der Waals surface area contributed by atoms with E-state index in [1.807, 2.05) is 52.0 Å². The Morgan fingerprint density at radius 2 is 1.95 bits per heavy atom. The molecular weight excluding hydrogens is 512 g/mol. The van der Waals surface area contributed by atoms with Crippen molar-refractivity contribution < 1.29 is 14.3 Å². The van der Waals surface area contributed by atoms with E-state index in [4.69, 9.17) is 26.2 Å². The number of nitrogens with zero attached hydrogens (tertiary/aromatic N) is 5. The molecule has 0 bridgehead atoms. The van der Waals surface area contributed by atoms with E-state index in [9.17, 15) is 4.79 Å². The number of halogens is 1. The zero-order valence-corrected chi connectivity index (χ0v) is 23.4. The molecule has 0 spiro atoms. The summed E-state index contributed by atoms with van der Waals surface area (Å²) < 4.78 is 12.2. The lowest BCUT2D eigenvalue weighted by molar-refractivity contribution is 0.0517. The van der Waals surface area contributed by atoms with Gasteiger partial charge in [0.2, 0.25) is 5.13 Å². The minimum absolute atomic E-state index is 0.370. The van der Waals surface area contributed by atoms with E-state index < -0.39 is 5.60 Å². The van der Waals surface area contributed by atoms with Crippen molar-refractivity contribution in [1.29, 1.82) is 0 Å². The van der Waals surface area contributed by atoms with Crippen molar-refractivity contribution in [3.8, 4) is 16.2 Å². The highest BCUT2D eigenvalue weighted by Gasteiger charge is 2.26. The van der Waals surface area contributed by atoms with Crippen LogP contribution in [0, 0.1) is 12.8 Å². The second kappa shape index (κ2) is 11.5. The van der Waals surface area contributed by atoms with Gasteiger partial charge in [0, 0.05) is 31.4 Å². The molecule has 2 aromatic heterocycles. The van der Waals surface area contributed by atoms with Gasteiger partial charge in [-0.15, -0.1) is 0 Å². The number of hydrogen-bond donors (Lipinski definition) is 1. The summed E-state index contributed by atoms with van der Waals surface area (Å²) in [5.41, 5.74) is 2.13. The van der Waals surface area contributed by atoms with E-state index in [1.54, 1.807) is 13.3 Å². The van der Waals surface area contributed by atoms with Crippen molar-refractivity contribution in [2.45, 2.75) is 46.1 Å². The molecular formula is C26H33ClN6O3S. The Kier molecular flexibility index (Phi) is 8.39. The Balaban J connectivity index is 1.42. The molecule has 1 saturated heterocycles. The quantitative estimate of drug-likeness (QED) is 0.365. The zero-order chi connectivity index (χ0) is 26.6. The van der Waals surface area contributed by atoms with E-state index in [2.05, 4.69) is 20.2 Å². The molecule has 0 saturated carbocycles. The van der Waals surface area contributed by atoms with Crippen LogP contribution in [-0.2, 0) is 4.74 Å². The van der Waals surface area contributed by atoms with Gasteiger partial charge in [-0.1, -0.05) is 11.3 Å². The Morgan fingerprint density at radius 1 is 1.24 bits per heavy atom. The first-order valence-corrected chi connectivity index (χ1v) is 13.4. The lowest BCUT2D eigenvalue weighted by atomic mass is 9.97. The highest BCUT2D eigenvalue weighted by atomic mass is 35.5. The number of hydrogen-bond acceptors (Lipinski definition) is 9. The lowest BCUT2D eigenvalue weighted by Gasteiger charge is -2.34. The lowest BCUT2D eigenvalue weighted by Crippen LogP contribution is -2.40. The summed E-state index contributed by atoms with van der Waals surface area (Å²) in [6.45, 7) is 9.73. The average molecular weight is 545 g/mol. The van der Waals surface area contributed by atoms with Gasteiger partial charge in [-0.2, -0.15) is 0 Å². The number of rotatable bonds is 7. The number of amides is 1. The molecule has 198 valence electrons. The second-order valence-electron chi connectivity index (χ2n) is 9.97. The molecule has 0 unspecified atom stereocenters. The number of thiazole rings is 1. The summed E-state index contributed by atoms with van der Waals surface area (Å²) in [5, 5.41) is 3.54. The van der Waals surface area contributed by atoms with Crippen LogP contribution in [0.3, 0.4) is 0 Å². The van der Waals surface area contributed by atoms with E-state index in [1.165, 1.54) is 22.1 Å². The molecule has 0 aliphatic carbocycles. The number of benzene rings is 1. The average Bonchev–Trinajstić information content (AvgIpc) is 3.28. The van der Waals surface area contributed by atoms with Gasteiger partial charge in [0.25, 0.3) is 0 Å². The maximum absolute atomic E-state index is 12.0. The normalized spacial score (nSPS) is 14.4. The number of anilines is 3. The third kappa shape index (κ3) is 6.81. The fraction of sp³-hybridized carbons (Fsp3) is 0.462. The molecule has 3 heterocycles. The van der Waals surface area contributed by atoms with Crippen molar-refractivity contribution >= 4 is 45.8 Å². The van der Waals surface area contributed by atoms with Crippen LogP contribution in [0.15, 0.2) is 36.8 Å². The third-order valence-electron chi connectivity index (χ3n) is 6.04. The number of nitrogens with one attached hydrogen (secondary N) is 1. The van der Waals surface area contributed by atoms with Crippen LogP contribution in [0.5, 0.6) is 5.75 Å². The molecule has 3 aromatic rings. The van der Waals surface area contributed by atoms with Crippen LogP contribution in [0.1, 0.15) is 39.3 Å². The first kappa shape index (κ1) is 26.9. The van der Waals surface area contributed by atoms with Gasteiger partial charge in [0.05, 0.1) is 23.9 Å². The molecule has 1 aliphatic rings. The first-order valence-electron chi connectivity index (χ1n) is 12.2. The van der Waals surface area contributed by atoms with Crippen molar-refractivity contribution in [3.63, 3.8) is 0 Å². The molecule has 1 aromatic carbocycles. The molecule has 1 N–H and O–H groups in total. The molecule has 1 aliphatic heterocycles. The number of piperidine rings is 1. The van der Waals surface area contributed by atoms with Crippen LogP contribution in [0.4, 0.5) is 21.4 Å². The van der Waals surface area contributed by atoms with Crippen molar-refractivity contribution in [3.05, 3.63) is 42.5 Å². The summed E-state index contributed by atoms with van der Waals surface area (Å²) >= 11 is 8.35. The van der Waals surface area contributed by atoms with E-state index >= 15 is 0 Å². The smallest absolute Gasteiger partial charge is 0.407 e. The van der Waals surface area contributed by atoms with Crippen molar-refractivity contribution in [2.24, 2.45) is 5.92 Å². The van der Waals surface area contributed by atoms with Crippen LogP contribution >= 0.6 is 23.1 Å². The minimum atomic E-state index is -0.504. The Morgan fingerprint density at radius 3 is 2.59 bits per heavy atom. The number of carbonyl (C=O) groups excluding carboxylic acids is 1. The summed E-state index contributed by atoms with van der Waals surface area (Å²) in [6, 6.07) is 7.89. The fourth-order valence-electron chi connectivity index (χ4n) is 4.17. The number of aryl methyl sites for hydroxylation is 1. The Labute approximate surface area is 226 Å². The van der Waals surface area contributed by atoms with Gasteiger partial charge in [0.1, 0.15) is 23.4 Å². The second-order valence-corrected chi connectivity index (χ2v) is 11.3. The molecule has 9 nitrogen and oxygen atoms in total. The van der Waals surface area contributed by atoms with Gasteiger partial charge in [0.15, 0.2) is 5.82 Å². The van der Waals surface area contributed by atoms with Gasteiger partial charge < -0.3 is 19.7 Å². The molecule has 0 radical (unpaired) electrons. The minimum Gasteiger partial charge on any atom is -0.497 e. The number of aromatic nitrogens is 3. The fourth-order valence-corrected chi connectivity index (χ4v) is 5.42. The van der Waals surface area contributed by atoms with E-state index in [-0.39, 0.29) is 6.09 Å². The molecule has 0 atom stereocenters. The molecule has 37 heavy (non-hydrogen) atoms. The van der Waals surface area contributed by atoms with E-state index in [0.29, 0.717) is 23.3 Å². The predicted molar refractivity (Wildman–Crippen MR) is 148 cm³/mol. The summed E-state index contributed by atoms with van der Waals surface area (Å²) in [5.74, 6) is 1.94. The molecule has 11 heteroatoms. The summed E-state index contributed by atoms with van der Waals surface area (Å²) in [7, 11) is 1.65. The highest BCUT2D eigenvalue weighted by Crippen LogP contribution is 2.41. The van der Waals surface area contributed by atoms with Crippen LogP contribution in [-0.4, -0.2) is 53.4 Å². The number of ether oxygens (including phenoxy) is 2. The first-order chi connectivity index (χ1) is 17.6. The SMILES string of the molecule is COc1ccc(-c2sc(N(Cl)c3cncnc3N3CCC(CNC(=O)OC(C)(C)C)CC3)nc2C)cc1. The summed E-state index contributed by atoms with van der Waals surface area (Å²) in [4.78, 5) is 28.8. The van der Waals surface area contributed by atoms with Gasteiger partial charge in [-0.25, -0.2) is 24.2 Å². The zero-order valence-electron chi connectivity index (χ0n) is 21.8. The number of alkyl carbamates (subject to hydrolysis) is 1. The van der Waals surface area contributed by atoms with E-state index in [0.717, 1.165) is 53.6 Å². The third-order valence-corrected chi connectivity index (χ3v) is 7.67. The predicted octanol–water partition coefficient (Wildman–Crippen LogP) is 5.95. The van der Waals surface area contributed by atoms with Crippen molar-refractivity contribution in [2.75, 3.05) is 36.1 Å². The standard InChI is InChI=1S/C26H33ClN6O3S/c1-17-22(19-6-8-20(35-5)9-7-19)37-24(31-17)33(27)21-15-28-16-30-23(21)32-12-10-18(11-13-32)14-29-25(34)36-26(2,3)4/h6-9,15-16,18H,10-14H2,1-5H3,(H,29,34). The van der Waals surface area contributed by atoms with Gasteiger partial charge in [-0.05, 0) is 76.3 Å². The molecule has 1 fully saturated rings. The molecule has 4 rings (SSSR count). The highest BCUT2D eigenvalue weighted by molar-refractivity contribution is 7.19. The molecule has 1 amide bonds. The Hall–Kier alpha value is -3.11. The maximum Gasteiger partial charge on any atom is 0.407 e. The van der Waals surface area contributed by atoms with Crippen molar-refractivity contribution in [1.82, 2.24) is 20.3 Å². The van der Waals surface area contributed by atoms with Crippen LogP contribution in [0.25, 0.3) is 10.4 Å². The van der Waals surface area contributed by atoms with Gasteiger partial charge >= 0.3 is 6.09 Å². The largest absolute Gasteiger partial charge is 0.497 e. The summed E-state index contributed by atoms with van der Waals surface area (Å²) in [6.07, 6.45) is 4.71. The van der Waals surface area contributed by atoms with Crippen LogP contribution in [0.2, 0.25) is 0 Å². The van der Waals surface area contributed by atoms with Gasteiger partial charge in [-0.3, -0.25) is 0 Å². The topological polar surface area (TPSA) is 92.7 Å². The number of carbonyl (C=O) groups is 1. The van der Waals surface area contributed by atoms with Crippen LogP contribution < -0.4 is 19.4 Å². The maximum atomic E-state index is 12.0.